The third-order valence-corrected chi connectivity index (χ3v) is 5.30. The number of rotatable bonds is 7. The molecular formula is C17H24ClN3OS. The Balaban J connectivity index is 0.00000192. The van der Waals surface area contributed by atoms with Gasteiger partial charge in [0.15, 0.2) is 5.13 Å². The smallest absolute Gasteiger partial charge is 0.231 e. The molecule has 1 amide bonds. The van der Waals surface area contributed by atoms with Crippen LogP contribution in [0.3, 0.4) is 0 Å². The van der Waals surface area contributed by atoms with Gasteiger partial charge in [0, 0.05) is 19.0 Å². The molecule has 0 N–H and O–H groups in total. The average molecular weight is 354 g/mol. The molecule has 0 saturated heterocycles. The van der Waals surface area contributed by atoms with Crippen LogP contribution in [0.4, 0.5) is 5.13 Å². The van der Waals surface area contributed by atoms with E-state index < -0.39 is 0 Å². The maximum atomic E-state index is 12.6. The maximum Gasteiger partial charge on any atom is 0.231 e. The standard InChI is InChI=1S/C17H23N3OS.ClH/c1-3-19(4-2)11-12-20(16(21)13-9-10-13)17-18-14-7-5-6-8-15(14)22-17;/h5-8,13H,3-4,9-12H2,1-2H3;1H. The van der Waals surface area contributed by atoms with E-state index in [2.05, 4.69) is 29.8 Å². The highest BCUT2D eigenvalue weighted by molar-refractivity contribution is 7.22. The normalized spacial score (nSPS) is 14.0. The second-order valence-electron chi connectivity index (χ2n) is 5.76. The van der Waals surface area contributed by atoms with Gasteiger partial charge in [0.25, 0.3) is 0 Å². The zero-order valence-electron chi connectivity index (χ0n) is 13.7. The fourth-order valence-electron chi connectivity index (χ4n) is 2.61. The van der Waals surface area contributed by atoms with Crippen LogP contribution in [0.25, 0.3) is 10.2 Å². The molecule has 4 nitrogen and oxygen atoms in total. The molecule has 1 aromatic heterocycles. The van der Waals surface area contributed by atoms with Crippen molar-refractivity contribution in [1.29, 1.82) is 0 Å². The molecule has 1 fully saturated rings. The summed E-state index contributed by atoms with van der Waals surface area (Å²) in [6.07, 6.45) is 2.07. The lowest BCUT2D eigenvalue weighted by molar-refractivity contribution is -0.119. The van der Waals surface area contributed by atoms with E-state index in [9.17, 15) is 4.79 Å². The molecule has 2 aromatic rings. The van der Waals surface area contributed by atoms with Gasteiger partial charge >= 0.3 is 0 Å². The summed E-state index contributed by atoms with van der Waals surface area (Å²) in [7, 11) is 0. The van der Waals surface area contributed by atoms with Gasteiger partial charge in [-0.1, -0.05) is 37.3 Å². The second kappa shape index (κ2) is 8.08. The molecule has 1 aliphatic rings. The van der Waals surface area contributed by atoms with Crippen molar-refractivity contribution in [2.75, 3.05) is 31.1 Å². The van der Waals surface area contributed by atoms with Crippen LogP contribution in [-0.2, 0) is 4.79 Å². The monoisotopic (exact) mass is 353 g/mol. The highest BCUT2D eigenvalue weighted by atomic mass is 35.5. The van der Waals surface area contributed by atoms with Crippen molar-refractivity contribution in [2.24, 2.45) is 5.92 Å². The van der Waals surface area contributed by atoms with E-state index in [1.165, 1.54) is 0 Å². The van der Waals surface area contributed by atoms with E-state index in [0.29, 0.717) is 0 Å². The second-order valence-corrected chi connectivity index (χ2v) is 6.76. The zero-order chi connectivity index (χ0) is 15.5. The minimum absolute atomic E-state index is 0. The first-order chi connectivity index (χ1) is 10.7. The van der Waals surface area contributed by atoms with Crippen molar-refractivity contribution in [1.82, 2.24) is 9.88 Å². The van der Waals surface area contributed by atoms with Crippen LogP contribution in [0.2, 0.25) is 0 Å². The Bertz CT molecular complexity index is 619. The number of halogens is 1. The average Bonchev–Trinajstić information content (AvgIpc) is 3.30. The Hall–Kier alpha value is -1.17. The lowest BCUT2D eigenvalue weighted by Crippen LogP contribution is -2.39. The fraction of sp³-hybridized carbons (Fsp3) is 0.529. The van der Waals surface area contributed by atoms with Crippen LogP contribution >= 0.6 is 23.7 Å². The number of hydrogen-bond acceptors (Lipinski definition) is 4. The molecule has 0 bridgehead atoms. The van der Waals surface area contributed by atoms with Crippen molar-refractivity contribution < 1.29 is 4.79 Å². The number of fused-ring (bicyclic) bond motifs is 1. The number of aromatic nitrogens is 1. The molecule has 1 saturated carbocycles. The number of carbonyl (C=O) groups is 1. The van der Waals surface area contributed by atoms with Gasteiger partial charge in [0.1, 0.15) is 0 Å². The Morgan fingerprint density at radius 1 is 1.22 bits per heavy atom. The molecule has 3 rings (SSSR count). The lowest BCUT2D eigenvalue weighted by Gasteiger charge is -2.24. The van der Waals surface area contributed by atoms with Crippen LogP contribution in [0, 0.1) is 5.92 Å². The van der Waals surface area contributed by atoms with Crippen LogP contribution < -0.4 is 4.90 Å². The number of amides is 1. The number of nitrogens with zero attached hydrogens (tertiary/aromatic N) is 3. The first-order valence-electron chi connectivity index (χ1n) is 8.12. The van der Waals surface area contributed by atoms with Gasteiger partial charge in [0.2, 0.25) is 5.91 Å². The zero-order valence-corrected chi connectivity index (χ0v) is 15.3. The maximum absolute atomic E-state index is 12.6. The predicted molar refractivity (Wildman–Crippen MR) is 99.7 cm³/mol. The highest BCUT2D eigenvalue weighted by Gasteiger charge is 2.35. The predicted octanol–water partition coefficient (Wildman–Crippen LogP) is 3.80. The van der Waals surface area contributed by atoms with Crippen LogP contribution in [0.15, 0.2) is 24.3 Å². The third-order valence-electron chi connectivity index (χ3n) is 4.24. The molecule has 1 heterocycles. The van der Waals surface area contributed by atoms with Crippen molar-refractivity contribution in [3.8, 4) is 0 Å². The van der Waals surface area contributed by atoms with E-state index in [4.69, 9.17) is 0 Å². The molecule has 0 aliphatic heterocycles. The first kappa shape index (κ1) is 18.2. The summed E-state index contributed by atoms with van der Waals surface area (Å²) in [6.45, 7) is 7.99. The number of thiazole rings is 1. The molecule has 1 aromatic carbocycles. The van der Waals surface area contributed by atoms with Gasteiger partial charge in [-0.25, -0.2) is 4.98 Å². The molecule has 0 spiro atoms. The van der Waals surface area contributed by atoms with Crippen LogP contribution in [0.1, 0.15) is 26.7 Å². The Labute approximate surface area is 147 Å². The summed E-state index contributed by atoms with van der Waals surface area (Å²) in [5, 5.41) is 0.852. The Morgan fingerprint density at radius 2 is 1.91 bits per heavy atom. The van der Waals surface area contributed by atoms with Crippen molar-refractivity contribution in [3.05, 3.63) is 24.3 Å². The first-order valence-corrected chi connectivity index (χ1v) is 8.93. The van der Waals surface area contributed by atoms with Gasteiger partial charge < -0.3 is 4.90 Å². The van der Waals surface area contributed by atoms with Gasteiger partial charge in [-0.15, -0.1) is 12.4 Å². The molecule has 1 aliphatic carbocycles. The third kappa shape index (κ3) is 4.22. The highest BCUT2D eigenvalue weighted by Crippen LogP contribution is 2.35. The Morgan fingerprint density at radius 3 is 2.52 bits per heavy atom. The molecule has 6 heteroatoms. The van der Waals surface area contributed by atoms with Crippen LogP contribution in [0.5, 0.6) is 0 Å². The topological polar surface area (TPSA) is 36.4 Å². The largest absolute Gasteiger partial charge is 0.302 e. The fourth-order valence-corrected chi connectivity index (χ4v) is 3.60. The quantitative estimate of drug-likeness (QED) is 0.759. The van der Waals surface area contributed by atoms with E-state index in [1.54, 1.807) is 11.3 Å². The summed E-state index contributed by atoms with van der Waals surface area (Å²) in [4.78, 5) is 21.6. The van der Waals surface area contributed by atoms with Gasteiger partial charge in [-0.3, -0.25) is 9.69 Å². The number of carbonyl (C=O) groups excluding carboxylic acids is 1. The molecule has 23 heavy (non-hydrogen) atoms. The summed E-state index contributed by atoms with van der Waals surface area (Å²) in [6, 6.07) is 8.10. The minimum atomic E-state index is 0. The van der Waals surface area contributed by atoms with Crippen molar-refractivity contribution in [3.63, 3.8) is 0 Å². The number of hydrogen-bond donors (Lipinski definition) is 0. The summed E-state index contributed by atoms with van der Waals surface area (Å²) >= 11 is 1.62. The van der Waals surface area contributed by atoms with Crippen LogP contribution in [-0.4, -0.2) is 42.0 Å². The summed E-state index contributed by atoms with van der Waals surface area (Å²) < 4.78 is 1.15. The van der Waals surface area contributed by atoms with E-state index in [-0.39, 0.29) is 24.2 Å². The summed E-state index contributed by atoms with van der Waals surface area (Å²) in [5.74, 6) is 0.481. The molecular weight excluding hydrogens is 330 g/mol. The number of benzene rings is 1. The lowest BCUT2D eigenvalue weighted by atomic mass is 10.3. The summed E-state index contributed by atoms with van der Waals surface area (Å²) in [5.41, 5.74) is 0.985. The van der Waals surface area contributed by atoms with E-state index >= 15 is 0 Å². The molecule has 0 unspecified atom stereocenters. The minimum Gasteiger partial charge on any atom is -0.302 e. The molecule has 0 radical (unpaired) electrons. The van der Waals surface area contributed by atoms with Crippen molar-refractivity contribution >= 4 is 45.0 Å². The number of likely N-dealkylation sites (N-methyl/N-ethyl adjacent to an activating group) is 1. The van der Waals surface area contributed by atoms with Gasteiger partial charge in [-0.2, -0.15) is 0 Å². The number of anilines is 1. The van der Waals surface area contributed by atoms with Gasteiger partial charge in [0.05, 0.1) is 10.2 Å². The molecule has 126 valence electrons. The molecule has 0 atom stereocenters. The van der Waals surface area contributed by atoms with E-state index in [0.717, 1.165) is 54.4 Å². The number of para-hydroxylation sites is 1. The Kier molecular flexibility index (Phi) is 6.39. The van der Waals surface area contributed by atoms with Gasteiger partial charge in [-0.05, 0) is 38.1 Å². The van der Waals surface area contributed by atoms with Crippen molar-refractivity contribution in [2.45, 2.75) is 26.7 Å². The van der Waals surface area contributed by atoms with E-state index in [1.807, 2.05) is 23.1 Å². The SMILES string of the molecule is CCN(CC)CCN(C(=O)C1CC1)c1nc2ccccc2s1.Cl.